The smallest absolute Gasteiger partial charge is 0.407 e. The minimum atomic E-state index is -1.09. The van der Waals surface area contributed by atoms with E-state index in [-0.39, 0.29) is 24.0 Å². The summed E-state index contributed by atoms with van der Waals surface area (Å²) in [4.78, 5) is 24.2. The Bertz CT molecular complexity index is 1180. The van der Waals surface area contributed by atoms with Gasteiger partial charge in [0.25, 0.3) is 0 Å². The van der Waals surface area contributed by atoms with Crippen LogP contribution in [0.5, 0.6) is 11.5 Å². The summed E-state index contributed by atoms with van der Waals surface area (Å²) in [6.45, 7) is 0.117. The predicted octanol–water partition coefficient (Wildman–Crippen LogP) is 5.41. The van der Waals surface area contributed by atoms with E-state index in [0.29, 0.717) is 17.1 Å². The first kappa shape index (κ1) is 23.4. The average Bonchev–Trinajstić information content (AvgIpc) is 3.15. The van der Waals surface area contributed by atoms with E-state index < -0.39 is 18.1 Å². The predicted molar refractivity (Wildman–Crippen MR) is 128 cm³/mol. The minimum absolute atomic E-state index is 0.105. The van der Waals surface area contributed by atoms with Crippen molar-refractivity contribution >= 4 is 23.7 Å². The highest BCUT2D eigenvalue weighted by Crippen LogP contribution is 2.44. The number of halogens is 1. The van der Waals surface area contributed by atoms with Crippen molar-refractivity contribution in [2.75, 3.05) is 20.8 Å². The number of hydrogen-bond donors (Lipinski definition) is 2. The molecule has 3 aromatic carbocycles. The topological polar surface area (TPSA) is 94.1 Å². The van der Waals surface area contributed by atoms with Crippen molar-refractivity contribution < 1.29 is 28.9 Å². The lowest BCUT2D eigenvalue weighted by Gasteiger charge is -2.21. The normalized spacial score (nSPS) is 12.9. The van der Waals surface area contributed by atoms with E-state index in [2.05, 4.69) is 17.4 Å². The number of methoxy groups -OCH3 is 2. The summed E-state index contributed by atoms with van der Waals surface area (Å²) in [6.07, 6.45) is -1.09. The van der Waals surface area contributed by atoms with Crippen LogP contribution in [-0.2, 0) is 9.53 Å². The highest BCUT2D eigenvalue weighted by Gasteiger charge is 2.29. The fraction of sp³-hybridized carbons (Fsp3) is 0.231. The molecule has 1 aliphatic carbocycles. The minimum Gasteiger partial charge on any atom is -0.493 e. The Morgan fingerprint density at radius 2 is 1.62 bits per heavy atom. The second-order valence-electron chi connectivity index (χ2n) is 7.86. The van der Waals surface area contributed by atoms with E-state index in [9.17, 15) is 14.7 Å². The van der Waals surface area contributed by atoms with Crippen molar-refractivity contribution in [1.82, 2.24) is 5.32 Å². The first-order valence-electron chi connectivity index (χ1n) is 10.7. The Hall–Kier alpha value is -3.71. The van der Waals surface area contributed by atoms with Crippen LogP contribution in [0.15, 0.2) is 60.7 Å². The van der Waals surface area contributed by atoms with Crippen LogP contribution < -0.4 is 14.8 Å². The van der Waals surface area contributed by atoms with Gasteiger partial charge in [-0.3, -0.25) is 4.79 Å². The molecule has 0 saturated heterocycles. The zero-order valence-corrected chi connectivity index (χ0v) is 19.5. The fourth-order valence-electron chi connectivity index (χ4n) is 4.35. The van der Waals surface area contributed by atoms with Crippen molar-refractivity contribution in [3.63, 3.8) is 0 Å². The molecule has 0 fully saturated rings. The van der Waals surface area contributed by atoms with Crippen LogP contribution in [0.25, 0.3) is 11.1 Å². The zero-order valence-electron chi connectivity index (χ0n) is 18.7. The van der Waals surface area contributed by atoms with Crippen molar-refractivity contribution in [1.29, 1.82) is 0 Å². The molecule has 176 valence electrons. The number of carboxylic acids is 1. The summed E-state index contributed by atoms with van der Waals surface area (Å²) in [5.41, 5.74) is 4.88. The van der Waals surface area contributed by atoms with Gasteiger partial charge in [0.2, 0.25) is 0 Å². The van der Waals surface area contributed by atoms with Crippen molar-refractivity contribution in [2.45, 2.75) is 18.4 Å². The lowest BCUT2D eigenvalue weighted by Crippen LogP contribution is -2.31. The molecule has 1 amide bonds. The summed E-state index contributed by atoms with van der Waals surface area (Å²) in [7, 11) is 2.90. The monoisotopic (exact) mass is 481 g/mol. The third kappa shape index (κ3) is 4.65. The lowest BCUT2D eigenvalue weighted by atomic mass is 9.98. The van der Waals surface area contributed by atoms with Gasteiger partial charge in [0.15, 0.2) is 11.5 Å². The molecule has 34 heavy (non-hydrogen) atoms. The quantitative estimate of drug-likeness (QED) is 0.446. The van der Waals surface area contributed by atoms with Gasteiger partial charge in [0.05, 0.1) is 31.7 Å². The number of ether oxygens (including phenoxy) is 3. The van der Waals surface area contributed by atoms with E-state index in [1.807, 2.05) is 36.4 Å². The molecule has 7 nitrogen and oxygen atoms in total. The summed E-state index contributed by atoms with van der Waals surface area (Å²) < 4.78 is 16.1. The Labute approximate surface area is 202 Å². The standard InChI is InChI=1S/C26H24ClNO6/c1-32-23-12-15(11-21(27)25(23)33-2)22(13-24(29)30)28-26(31)34-14-20-18-9-5-3-7-16(18)17-8-4-6-10-19(17)20/h3-12,20,22H,13-14H2,1-2H3,(H,28,31)(H,29,30)/t22-/m0/s1. The molecular formula is C26H24ClNO6. The fourth-order valence-corrected chi connectivity index (χ4v) is 4.64. The Balaban J connectivity index is 1.52. The summed E-state index contributed by atoms with van der Waals surface area (Å²) in [6, 6.07) is 18.3. The summed E-state index contributed by atoms with van der Waals surface area (Å²) >= 11 is 6.28. The Kier molecular flexibility index (Phi) is 6.93. The zero-order chi connectivity index (χ0) is 24.2. The highest BCUT2D eigenvalue weighted by molar-refractivity contribution is 6.32. The number of carboxylic acid groups (broad SMARTS) is 1. The molecule has 3 aromatic rings. The maximum absolute atomic E-state index is 12.7. The van der Waals surface area contributed by atoms with Gasteiger partial charge in [-0.1, -0.05) is 60.1 Å². The molecule has 1 atom stereocenters. The molecule has 4 rings (SSSR count). The van der Waals surface area contributed by atoms with E-state index in [1.54, 1.807) is 12.1 Å². The number of rotatable bonds is 8. The maximum atomic E-state index is 12.7. The van der Waals surface area contributed by atoms with Gasteiger partial charge in [-0.2, -0.15) is 0 Å². The van der Waals surface area contributed by atoms with Crippen LogP contribution in [0.4, 0.5) is 4.79 Å². The number of carbonyl (C=O) groups excluding carboxylic acids is 1. The van der Waals surface area contributed by atoms with Gasteiger partial charge in [-0.15, -0.1) is 0 Å². The molecule has 1 aliphatic rings. The van der Waals surface area contributed by atoms with Gasteiger partial charge < -0.3 is 24.6 Å². The molecule has 0 spiro atoms. The van der Waals surface area contributed by atoms with Crippen molar-refractivity contribution in [3.8, 4) is 22.6 Å². The van der Waals surface area contributed by atoms with Gasteiger partial charge in [-0.25, -0.2) is 4.79 Å². The molecule has 0 aliphatic heterocycles. The largest absolute Gasteiger partial charge is 0.493 e. The maximum Gasteiger partial charge on any atom is 0.407 e. The number of nitrogens with one attached hydrogen (secondary N) is 1. The van der Waals surface area contributed by atoms with Crippen molar-refractivity contribution in [2.24, 2.45) is 0 Å². The molecule has 0 aromatic heterocycles. The van der Waals surface area contributed by atoms with Crippen LogP contribution in [-0.4, -0.2) is 38.0 Å². The first-order chi connectivity index (χ1) is 16.4. The molecule has 0 unspecified atom stereocenters. The average molecular weight is 482 g/mol. The van der Waals surface area contributed by atoms with Crippen LogP contribution >= 0.6 is 11.6 Å². The van der Waals surface area contributed by atoms with Gasteiger partial charge in [-0.05, 0) is 39.9 Å². The highest BCUT2D eigenvalue weighted by atomic mass is 35.5. The first-order valence-corrected chi connectivity index (χ1v) is 11.1. The van der Waals surface area contributed by atoms with E-state index >= 15 is 0 Å². The Morgan fingerprint density at radius 1 is 1.00 bits per heavy atom. The van der Waals surface area contributed by atoms with Gasteiger partial charge in [0.1, 0.15) is 6.61 Å². The molecule has 0 radical (unpaired) electrons. The van der Waals surface area contributed by atoms with Crippen LogP contribution in [0.1, 0.15) is 35.1 Å². The second kappa shape index (κ2) is 10.1. The molecule has 0 saturated carbocycles. The molecule has 8 heteroatoms. The molecule has 0 bridgehead atoms. The SMILES string of the molecule is COc1cc([C@H](CC(=O)O)NC(=O)OCC2c3ccccc3-c3ccccc32)cc(Cl)c1OC. The molecule has 0 heterocycles. The third-order valence-corrected chi connectivity index (χ3v) is 6.15. The lowest BCUT2D eigenvalue weighted by molar-refractivity contribution is -0.137. The third-order valence-electron chi connectivity index (χ3n) is 5.87. The number of aliphatic carboxylic acids is 1. The second-order valence-corrected chi connectivity index (χ2v) is 8.27. The summed E-state index contributed by atoms with van der Waals surface area (Å²) in [5, 5.41) is 12.3. The van der Waals surface area contributed by atoms with Crippen molar-refractivity contribution in [3.05, 3.63) is 82.4 Å². The number of amides is 1. The summed E-state index contributed by atoms with van der Waals surface area (Å²) in [5.74, 6) is -0.542. The van der Waals surface area contributed by atoms with E-state index in [4.69, 9.17) is 25.8 Å². The van der Waals surface area contributed by atoms with E-state index in [0.717, 1.165) is 22.3 Å². The number of carbonyl (C=O) groups is 2. The van der Waals surface area contributed by atoms with Gasteiger partial charge in [0, 0.05) is 5.92 Å². The number of fused-ring (bicyclic) bond motifs is 3. The van der Waals surface area contributed by atoms with Gasteiger partial charge >= 0.3 is 12.1 Å². The van der Waals surface area contributed by atoms with Crippen LogP contribution in [0, 0.1) is 0 Å². The molecular weight excluding hydrogens is 458 g/mol. The number of alkyl carbamates (subject to hydrolysis) is 1. The van der Waals surface area contributed by atoms with Crippen LogP contribution in [0.2, 0.25) is 5.02 Å². The van der Waals surface area contributed by atoms with E-state index in [1.165, 1.54) is 14.2 Å². The number of benzene rings is 3. The Morgan fingerprint density at radius 3 is 2.18 bits per heavy atom. The molecule has 2 N–H and O–H groups in total. The number of hydrogen-bond acceptors (Lipinski definition) is 5. The van der Waals surface area contributed by atoms with Crippen LogP contribution in [0.3, 0.4) is 0 Å².